The summed E-state index contributed by atoms with van der Waals surface area (Å²) in [6.45, 7) is 29.0. The summed E-state index contributed by atoms with van der Waals surface area (Å²) >= 11 is 0. The van der Waals surface area contributed by atoms with Gasteiger partial charge in [0.05, 0.1) is 0 Å². The second kappa shape index (κ2) is 11.3. The van der Waals surface area contributed by atoms with Crippen molar-refractivity contribution in [2.45, 2.75) is 134 Å². The highest BCUT2D eigenvalue weighted by atomic mass is 14.3. The lowest BCUT2D eigenvalue weighted by Gasteiger charge is -2.30. The number of hydrogen-bond donors (Lipinski definition) is 0. The zero-order valence-corrected chi connectivity index (χ0v) is 21.5. The van der Waals surface area contributed by atoms with Crippen molar-refractivity contribution in [1.29, 1.82) is 0 Å². The van der Waals surface area contributed by atoms with Crippen LogP contribution in [-0.4, -0.2) is 0 Å². The summed E-state index contributed by atoms with van der Waals surface area (Å²) < 4.78 is 0. The van der Waals surface area contributed by atoms with E-state index in [0.29, 0.717) is 16.2 Å². The predicted octanol–water partition coefficient (Wildman–Crippen LogP) is 9.77. The van der Waals surface area contributed by atoms with Crippen molar-refractivity contribution in [1.82, 2.24) is 0 Å². The van der Waals surface area contributed by atoms with Gasteiger partial charge in [0.1, 0.15) is 0 Å². The van der Waals surface area contributed by atoms with Crippen molar-refractivity contribution in [2.75, 3.05) is 0 Å². The summed E-state index contributed by atoms with van der Waals surface area (Å²) in [5.74, 6) is 3.49. The highest BCUT2D eigenvalue weighted by molar-refractivity contribution is 4.74. The smallest absolute Gasteiger partial charge is 0.0380 e. The Morgan fingerprint density at radius 2 is 0.741 bits per heavy atom. The van der Waals surface area contributed by atoms with Crippen molar-refractivity contribution >= 4 is 0 Å². The molecule has 0 aromatic heterocycles. The molecule has 0 aromatic carbocycles. The van der Waals surface area contributed by atoms with Crippen molar-refractivity contribution in [3.8, 4) is 0 Å². The van der Waals surface area contributed by atoms with Gasteiger partial charge >= 0.3 is 0 Å². The van der Waals surface area contributed by atoms with Gasteiger partial charge < -0.3 is 0 Å². The van der Waals surface area contributed by atoms with Crippen molar-refractivity contribution in [3.63, 3.8) is 0 Å². The van der Waals surface area contributed by atoms with Crippen LogP contribution in [0.15, 0.2) is 0 Å². The Labute approximate surface area is 174 Å². The largest absolute Gasteiger partial charge is 0.0625 e. The van der Waals surface area contributed by atoms with Crippen LogP contribution in [-0.2, 0) is 0 Å². The molecule has 0 radical (unpaired) electrons. The Hall–Kier alpha value is 0. The van der Waals surface area contributed by atoms with Crippen molar-refractivity contribution in [3.05, 3.63) is 0 Å². The Balaban J connectivity index is 4.69. The van der Waals surface area contributed by atoms with Gasteiger partial charge in [-0.1, -0.05) is 109 Å². The average Bonchev–Trinajstić information content (AvgIpc) is 2.35. The molecule has 0 nitrogen and oxygen atoms in total. The molecule has 0 heterocycles. The van der Waals surface area contributed by atoms with E-state index in [1.807, 2.05) is 0 Å². The van der Waals surface area contributed by atoms with Crippen LogP contribution in [0.2, 0.25) is 0 Å². The van der Waals surface area contributed by atoms with E-state index in [1.165, 1.54) is 51.4 Å². The Morgan fingerprint density at radius 1 is 0.444 bits per heavy atom. The molecule has 0 aromatic rings. The molecule has 0 bridgehead atoms. The van der Waals surface area contributed by atoms with E-state index in [-0.39, 0.29) is 0 Å². The van der Waals surface area contributed by atoms with Gasteiger partial charge in [0.25, 0.3) is 0 Å². The molecule has 0 spiro atoms. The van der Waals surface area contributed by atoms with Gasteiger partial charge in [-0.25, -0.2) is 0 Å². The third-order valence-corrected chi connectivity index (χ3v) is 5.75. The van der Waals surface area contributed by atoms with Crippen LogP contribution < -0.4 is 0 Å². The van der Waals surface area contributed by atoms with Crippen LogP contribution in [0.1, 0.15) is 134 Å². The summed E-state index contributed by atoms with van der Waals surface area (Å²) in [5.41, 5.74) is 1.40. The third kappa shape index (κ3) is 17.8. The molecule has 0 aliphatic heterocycles. The molecule has 3 unspecified atom stereocenters. The second-order valence-corrected chi connectivity index (χ2v) is 13.9. The standard InChI is InChI=1S/C27H56/c1-21(18-25(4,5)6)13-15-24(17-23(3)20-27(10,11)12)16-14-22(2)19-26(7,8)9/h21-24H,13-20H2,1-12H3. The van der Waals surface area contributed by atoms with Gasteiger partial charge in [0, 0.05) is 0 Å². The highest BCUT2D eigenvalue weighted by Gasteiger charge is 2.22. The SMILES string of the molecule is CC(CCC(CCC(C)CC(C)(C)C)CC(C)CC(C)(C)C)CC(C)(C)C. The van der Waals surface area contributed by atoms with Crippen LogP contribution >= 0.6 is 0 Å². The van der Waals surface area contributed by atoms with E-state index in [9.17, 15) is 0 Å². The third-order valence-electron chi connectivity index (χ3n) is 5.75. The molecule has 3 atom stereocenters. The average molecular weight is 381 g/mol. The van der Waals surface area contributed by atoms with Crippen molar-refractivity contribution in [2.24, 2.45) is 39.9 Å². The quantitative estimate of drug-likeness (QED) is 0.334. The maximum Gasteiger partial charge on any atom is -0.0380 e. The summed E-state index contributed by atoms with van der Waals surface area (Å²) in [7, 11) is 0. The maximum atomic E-state index is 2.50. The molecular formula is C27H56. The normalized spacial score (nSPS) is 18.2. The lowest BCUT2D eigenvalue weighted by molar-refractivity contribution is 0.221. The minimum atomic E-state index is 0.461. The first-order valence-corrected chi connectivity index (χ1v) is 12.0. The second-order valence-electron chi connectivity index (χ2n) is 13.9. The van der Waals surface area contributed by atoms with Crippen LogP contribution in [0, 0.1) is 39.9 Å². The van der Waals surface area contributed by atoms with Gasteiger partial charge in [0.15, 0.2) is 0 Å². The van der Waals surface area contributed by atoms with Gasteiger partial charge in [-0.05, 0) is 65.6 Å². The van der Waals surface area contributed by atoms with E-state index in [1.54, 1.807) is 0 Å². The molecule has 0 aliphatic rings. The molecular weight excluding hydrogens is 324 g/mol. The van der Waals surface area contributed by atoms with Crippen molar-refractivity contribution < 1.29 is 0 Å². The number of hydrogen-bond acceptors (Lipinski definition) is 0. The summed E-state index contributed by atoms with van der Waals surface area (Å²) in [6.07, 6.45) is 11.2. The molecule has 0 amide bonds. The van der Waals surface area contributed by atoms with Gasteiger partial charge in [-0.3, -0.25) is 0 Å². The van der Waals surface area contributed by atoms with Gasteiger partial charge in [0.2, 0.25) is 0 Å². The fourth-order valence-electron chi connectivity index (χ4n) is 5.41. The molecule has 0 rings (SSSR count). The molecule has 0 N–H and O–H groups in total. The zero-order valence-electron chi connectivity index (χ0n) is 21.5. The monoisotopic (exact) mass is 380 g/mol. The summed E-state index contributed by atoms with van der Waals surface area (Å²) in [4.78, 5) is 0. The van der Waals surface area contributed by atoms with E-state index < -0.39 is 0 Å². The molecule has 0 saturated heterocycles. The summed E-state index contributed by atoms with van der Waals surface area (Å²) in [5, 5.41) is 0. The van der Waals surface area contributed by atoms with Gasteiger partial charge in [-0.15, -0.1) is 0 Å². The van der Waals surface area contributed by atoms with Crippen LogP contribution in [0.25, 0.3) is 0 Å². The first-order valence-electron chi connectivity index (χ1n) is 12.0. The Kier molecular flexibility index (Phi) is 11.3. The lowest BCUT2D eigenvalue weighted by Crippen LogP contribution is -2.17. The lowest BCUT2D eigenvalue weighted by atomic mass is 9.76. The fourth-order valence-corrected chi connectivity index (χ4v) is 5.41. The van der Waals surface area contributed by atoms with E-state index >= 15 is 0 Å². The minimum absolute atomic E-state index is 0.461. The van der Waals surface area contributed by atoms with E-state index in [2.05, 4.69) is 83.1 Å². The number of rotatable bonds is 11. The molecule has 0 fully saturated rings. The van der Waals surface area contributed by atoms with Crippen LogP contribution in [0.5, 0.6) is 0 Å². The van der Waals surface area contributed by atoms with Crippen LogP contribution in [0.3, 0.4) is 0 Å². The predicted molar refractivity (Wildman–Crippen MR) is 126 cm³/mol. The van der Waals surface area contributed by atoms with Crippen LogP contribution in [0.4, 0.5) is 0 Å². The first-order chi connectivity index (χ1) is 12.0. The molecule has 164 valence electrons. The van der Waals surface area contributed by atoms with E-state index in [0.717, 1.165) is 23.7 Å². The zero-order chi connectivity index (χ0) is 21.5. The Morgan fingerprint density at radius 3 is 1.04 bits per heavy atom. The van der Waals surface area contributed by atoms with E-state index in [4.69, 9.17) is 0 Å². The topological polar surface area (TPSA) is 0 Å². The minimum Gasteiger partial charge on any atom is -0.0625 e. The van der Waals surface area contributed by atoms with Gasteiger partial charge in [-0.2, -0.15) is 0 Å². The highest BCUT2D eigenvalue weighted by Crippen LogP contribution is 2.35. The molecule has 0 aliphatic carbocycles. The molecule has 27 heavy (non-hydrogen) atoms. The Bertz CT molecular complexity index is 344. The summed E-state index contributed by atoms with van der Waals surface area (Å²) in [6, 6.07) is 0. The molecule has 0 heteroatoms. The maximum absolute atomic E-state index is 2.50. The fraction of sp³-hybridized carbons (Fsp3) is 1.00. The first kappa shape index (κ1) is 27.0. The molecule has 0 saturated carbocycles.